The topological polar surface area (TPSA) is 70.6 Å². The van der Waals surface area contributed by atoms with E-state index in [9.17, 15) is 9.59 Å². The van der Waals surface area contributed by atoms with Crippen LogP contribution >= 0.6 is 11.3 Å². The first-order valence-electron chi connectivity index (χ1n) is 5.90. The molecular formula is C12H13N3O2S. The predicted molar refractivity (Wildman–Crippen MR) is 69.7 cm³/mol. The van der Waals surface area contributed by atoms with Crippen LogP contribution in [0.1, 0.15) is 30.2 Å². The Morgan fingerprint density at radius 3 is 3.22 bits per heavy atom. The van der Waals surface area contributed by atoms with Crippen molar-refractivity contribution >= 4 is 33.9 Å². The molecule has 18 heavy (non-hydrogen) atoms. The van der Waals surface area contributed by atoms with Crippen molar-refractivity contribution in [1.82, 2.24) is 5.43 Å². The zero-order valence-corrected chi connectivity index (χ0v) is 10.8. The Morgan fingerprint density at radius 1 is 1.61 bits per heavy atom. The number of hydrogen-bond donors (Lipinski definition) is 2. The van der Waals surface area contributed by atoms with Crippen LogP contribution in [0.25, 0.3) is 0 Å². The van der Waals surface area contributed by atoms with Gasteiger partial charge >= 0.3 is 0 Å². The Kier molecular flexibility index (Phi) is 2.66. The molecule has 2 N–H and O–H groups in total. The molecule has 0 spiro atoms. The van der Waals surface area contributed by atoms with E-state index in [2.05, 4.69) is 15.8 Å². The van der Waals surface area contributed by atoms with Crippen molar-refractivity contribution in [2.24, 2.45) is 11.0 Å². The predicted octanol–water partition coefficient (Wildman–Crippen LogP) is 1.49. The summed E-state index contributed by atoms with van der Waals surface area (Å²) in [5.74, 6) is 0.157. The standard InChI is InChI=1S/C12H13N3O2S/c1-6(16)13-10-5-8-3-2-7-4-9(17)14-15-11(7)12(8)18-10/h5,7H,2-4H2,1H3,(H,13,16)(H,14,17). The number of thiophene rings is 1. The molecule has 1 atom stereocenters. The van der Waals surface area contributed by atoms with Gasteiger partial charge in [-0.05, 0) is 24.5 Å². The Morgan fingerprint density at radius 2 is 2.44 bits per heavy atom. The maximum Gasteiger partial charge on any atom is 0.240 e. The highest BCUT2D eigenvalue weighted by Crippen LogP contribution is 2.37. The minimum atomic E-state index is -0.0657. The van der Waals surface area contributed by atoms with Crippen molar-refractivity contribution in [1.29, 1.82) is 0 Å². The third-order valence-corrected chi connectivity index (χ3v) is 4.34. The van der Waals surface area contributed by atoms with E-state index in [0.717, 1.165) is 28.4 Å². The fourth-order valence-electron chi connectivity index (χ4n) is 2.45. The van der Waals surface area contributed by atoms with Crippen LogP contribution in [0, 0.1) is 5.92 Å². The number of nitrogens with zero attached hydrogens (tertiary/aromatic N) is 1. The third kappa shape index (κ3) is 1.92. The third-order valence-electron chi connectivity index (χ3n) is 3.22. The van der Waals surface area contributed by atoms with Crippen LogP contribution in [0.5, 0.6) is 0 Å². The number of hydrogen-bond acceptors (Lipinski definition) is 4. The molecule has 1 aliphatic heterocycles. The lowest BCUT2D eigenvalue weighted by Gasteiger charge is -2.26. The first-order valence-corrected chi connectivity index (χ1v) is 6.72. The SMILES string of the molecule is CC(=O)Nc1cc2c(s1)C1=NNC(=O)CC1CC2. The molecule has 1 aromatic heterocycles. The normalized spacial score (nSPS) is 21.5. The molecule has 94 valence electrons. The summed E-state index contributed by atoms with van der Waals surface area (Å²) < 4.78 is 0. The molecule has 0 bridgehead atoms. The molecular weight excluding hydrogens is 250 g/mol. The van der Waals surface area contributed by atoms with Gasteiger partial charge in [0.25, 0.3) is 0 Å². The number of anilines is 1. The largest absolute Gasteiger partial charge is 0.318 e. The molecule has 2 heterocycles. The van der Waals surface area contributed by atoms with Gasteiger partial charge < -0.3 is 5.32 Å². The molecule has 0 saturated heterocycles. The second kappa shape index (κ2) is 4.20. The lowest BCUT2D eigenvalue weighted by molar-refractivity contribution is -0.122. The summed E-state index contributed by atoms with van der Waals surface area (Å²) in [6.45, 7) is 1.50. The van der Waals surface area contributed by atoms with E-state index >= 15 is 0 Å². The fourth-order valence-corrected chi connectivity index (χ4v) is 3.68. The summed E-state index contributed by atoms with van der Waals surface area (Å²) >= 11 is 1.54. The molecule has 1 unspecified atom stereocenters. The average molecular weight is 263 g/mol. The Hall–Kier alpha value is -1.69. The number of hydrazone groups is 1. The molecule has 6 heteroatoms. The van der Waals surface area contributed by atoms with Gasteiger partial charge in [-0.1, -0.05) is 0 Å². The van der Waals surface area contributed by atoms with Crippen LogP contribution in [0.15, 0.2) is 11.2 Å². The smallest absolute Gasteiger partial charge is 0.240 e. The van der Waals surface area contributed by atoms with E-state index in [1.54, 1.807) is 0 Å². The maximum absolute atomic E-state index is 11.3. The highest BCUT2D eigenvalue weighted by molar-refractivity contribution is 7.18. The highest BCUT2D eigenvalue weighted by atomic mass is 32.1. The van der Waals surface area contributed by atoms with Crippen molar-refractivity contribution in [3.05, 3.63) is 16.5 Å². The molecule has 0 fully saturated rings. The number of fused-ring (bicyclic) bond motifs is 3. The zero-order chi connectivity index (χ0) is 12.7. The number of amides is 2. The first kappa shape index (κ1) is 11.4. The van der Waals surface area contributed by atoms with Crippen molar-refractivity contribution < 1.29 is 9.59 Å². The van der Waals surface area contributed by atoms with Gasteiger partial charge in [-0.25, -0.2) is 5.43 Å². The molecule has 1 aromatic rings. The summed E-state index contributed by atoms with van der Waals surface area (Å²) in [6, 6.07) is 2.01. The van der Waals surface area contributed by atoms with Crippen LogP contribution < -0.4 is 10.7 Å². The number of nitrogens with one attached hydrogen (secondary N) is 2. The lowest BCUT2D eigenvalue weighted by atomic mass is 9.84. The molecule has 1 aliphatic carbocycles. The summed E-state index contributed by atoms with van der Waals surface area (Å²) in [5, 5.41) is 7.84. The van der Waals surface area contributed by atoms with Gasteiger partial charge in [0.15, 0.2) is 0 Å². The van der Waals surface area contributed by atoms with E-state index in [1.807, 2.05) is 6.07 Å². The van der Waals surface area contributed by atoms with Crippen molar-refractivity contribution in [3.63, 3.8) is 0 Å². The lowest BCUT2D eigenvalue weighted by Crippen LogP contribution is -2.35. The minimum absolute atomic E-state index is 0.00848. The van der Waals surface area contributed by atoms with Crippen LogP contribution in [-0.4, -0.2) is 17.5 Å². The highest BCUT2D eigenvalue weighted by Gasteiger charge is 2.32. The summed E-state index contributed by atoms with van der Waals surface area (Å²) in [5.41, 5.74) is 4.73. The summed E-state index contributed by atoms with van der Waals surface area (Å²) in [7, 11) is 0. The average Bonchev–Trinajstić information content (AvgIpc) is 2.70. The van der Waals surface area contributed by atoms with Gasteiger partial charge in [0, 0.05) is 19.3 Å². The van der Waals surface area contributed by atoms with Crippen molar-refractivity contribution in [2.45, 2.75) is 26.2 Å². The van der Waals surface area contributed by atoms with Crippen LogP contribution in [-0.2, 0) is 16.0 Å². The zero-order valence-electron chi connectivity index (χ0n) is 9.95. The second-order valence-electron chi connectivity index (χ2n) is 4.62. The summed E-state index contributed by atoms with van der Waals surface area (Å²) in [6.07, 6.45) is 2.42. The van der Waals surface area contributed by atoms with Gasteiger partial charge in [0.2, 0.25) is 11.8 Å². The number of carbonyl (C=O) groups excluding carboxylic acids is 2. The first-order chi connectivity index (χ1) is 8.63. The van der Waals surface area contributed by atoms with E-state index in [4.69, 9.17) is 0 Å². The van der Waals surface area contributed by atoms with Gasteiger partial charge in [-0.3, -0.25) is 9.59 Å². The quantitative estimate of drug-likeness (QED) is 0.806. The van der Waals surface area contributed by atoms with Crippen LogP contribution in [0.3, 0.4) is 0 Å². The molecule has 0 radical (unpaired) electrons. The Labute approximate surface area is 108 Å². The van der Waals surface area contributed by atoms with E-state index < -0.39 is 0 Å². The Bertz CT molecular complexity index is 562. The summed E-state index contributed by atoms with van der Waals surface area (Å²) in [4.78, 5) is 23.5. The number of carbonyl (C=O) groups is 2. The van der Waals surface area contributed by atoms with Crippen molar-refractivity contribution in [3.8, 4) is 0 Å². The van der Waals surface area contributed by atoms with Gasteiger partial charge in [-0.15, -0.1) is 11.3 Å². The number of rotatable bonds is 1. The van der Waals surface area contributed by atoms with E-state index in [0.29, 0.717) is 6.42 Å². The van der Waals surface area contributed by atoms with Crippen molar-refractivity contribution in [2.75, 3.05) is 5.32 Å². The van der Waals surface area contributed by atoms with Crippen LogP contribution in [0.2, 0.25) is 0 Å². The van der Waals surface area contributed by atoms with Gasteiger partial charge in [-0.2, -0.15) is 5.10 Å². The molecule has 2 amide bonds. The molecule has 0 saturated carbocycles. The fraction of sp³-hybridized carbons (Fsp3) is 0.417. The molecule has 3 rings (SSSR count). The second-order valence-corrected chi connectivity index (χ2v) is 5.67. The van der Waals surface area contributed by atoms with E-state index in [1.165, 1.54) is 23.8 Å². The molecule has 5 nitrogen and oxygen atoms in total. The molecule has 0 aromatic carbocycles. The Balaban J connectivity index is 1.96. The van der Waals surface area contributed by atoms with E-state index in [-0.39, 0.29) is 17.7 Å². The monoisotopic (exact) mass is 263 g/mol. The van der Waals surface area contributed by atoms with Gasteiger partial charge in [0.1, 0.15) is 0 Å². The minimum Gasteiger partial charge on any atom is -0.318 e. The maximum atomic E-state index is 11.3. The van der Waals surface area contributed by atoms with Crippen LogP contribution in [0.4, 0.5) is 5.00 Å². The molecule has 2 aliphatic rings. The number of aryl methyl sites for hydroxylation is 1. The van der Waals surface area contributed by atoms with Gasteiger partial charge in [0.05, 0.1) is 15.6 Å².